The van der Waals surface area contributed by atoms with E-state index < -0.39 is 11.9 Å². The van der Waals surface area contributed by atoms with Crippen molar-refractivity contribution in [2.45, 2.75) is 17.9 Å². The van der Waals surface area contributed by atoms with Gasteiger partial charge in [-0.15, -0.1) is 23.5 Å². The second-order valence-electron chi connectivity index (χ2n) is 5.87. The van der Waals surface area contributed by atoms with E-state index in [4.69, 9.17) is 4.74 Å². The van der Waals surface area contributed by atoms with Crippen LogP contribution < -0.4 is 5.32 Å². The van der Waals surface area contributed by atoms with E-state index in [-0.39, 0.29) is 19.1 Å². The van der Waals surface area contributed by atoms with Crippen LogP contribution in [0.15, 0.2) is 24.3 Å². The zero-order valence-electron chi connectivity index (χ0n) is 15.0. The summed E-state index contributed by atoms with van der Waals surface area (Å²) in [5, 5.41) is 2.69. The van der Waals surface area contributed by atoms with Gasteiger partial charge in [-0.05, 0) is 24.1 Å². The van der Waals surface area contributed by atoms with Crippen LogP contribution in [0.2, 0.25) is 0 Å². The number of amides is 2. The van der Waals surface area contributed by atoms with Crippen molar-refractivity contribution >= 4 is 41.3 Å². The summed E-state index contributed by atoms with van der Waals surface area (Å²) in [6.45, 7) is 2.09. The Morgan fingerprint density at radius 3 is 2.46 bits per heavy atom. The Kier molecular flexibility index (Phi) is 8.31. The molecule has 26 heavy (non-hydrogen) atoms. The molecular weight excluding hydrogens is 372 g/mol. The Morgan fingerprint density at radius 1 is 1.19 bits per heavy atom. The van der Waals surface area contributed by atoms with E-state index in [9.17, 15) is 14.4 Å². The number of likely N-dealkylation sites (N-methyl/N-ethyl adjacent to an activating group) is 1. The van der Waals surface area contributed by atoms with Crippen molar-refractivity contribution in [3.63, 3.8) is 0 Å². The SMILES string of the molecule is CCCNC(=O)CN(C)C(=O)COC(=O)c1ccc(C2SCCS2)cc1. The van der Waals surface area contributed by atoms with Gasteiger partial charge in [-0.1, -0.05) is 19.1 Å². The maximum atomic E-state index is 12.1. The van der Waals surface area contributed by atoms with Gasteiger partial charge in [0.05, 0.1) is 16.7 Å². The van der Waals surface area contributed by atoms with E-state index in [1.165, 1.54) is 17.5 Å². The third-order valence-corrected chi connectivity index (χ3v) is 6.85. The average molecular weight is 397 g/mol. The van der Waals surface area contributed by atoms with Crippen LogP contribution in [-0.4, -0.2) is 60.9 Å². The molecule has 1 aliphatic heterocycles. The number of carbonyl (C=O) groups is 3. The Labute approximate surface area is 162 Å². The van der Waals surface area contributed by atoms with Crippen LogP contribution in [0.3, 0.4) is 0 Å². The second kappa shape index (κ2) is 10.5. The van der Waals surface area contributed by atoms with Crippen LogP contribution in [0.5, 0.6) is 0 Å². The molecule has 1 aromatic rings. The molecule has 0 atom stereocenters. The number of nitrogens with zero attached hydrogens (tertiary/aromatic N) is 1. The molecule has 0 bridgehead atoms. The van der Waals surface area contributed by atoms with Gasteiger partial charge in [0.25, 0.3) is 5.91 Å². The Morgan fingerprint density at radius 2 is 1.85 bits per heavy atom. The highest BCUT2D eigenvalue weighted by atomic mass is 32.2. The molecule has 1 saturated heterocycles. The van der Waals surface area contributed by atoms with Gasteiger partial charge in [-0.25, -0.2) is 4.79 Å². The highest BCUT2D eigenvalue weighted by Gasteiger charge is 2.19. The second-order valence-corrected chi connectivity index (χ2v) is 8.60. The van der Waals surface area contributed by atoms with Crippen molar-refractivity contribution in [1.82, 2.24) is 10.2 Å². The van der Waals surface area contributed by atoms with Gasteiger partial charge in [0.1, 0.15) is 0 Å². The van der Waals surface area contributed by atoms with Gasteiger partial charge in [-0.2, -0.15) is 0 Å². The number of thioether (sulfide) groups is 2. The lowest BCUT2D eigenvalue weighted by atomic mass is 10.1. The average Bonchev–Trinajstić information content (AvgIpc) is 3.19. The number of benzene rings is 1. The molecular formula is C18H24N2O4S2. The summed E-state index contributed by atoms with van der Waals surface area (Å²) in [6.07, 6.45) is 0.831. The van der Waals surface area contributed by atoms with E-state index in [2.05, 4.69) is 5.32 Å². The number of ether oxygens (including phenoxy) is 1. The first-order valence-electron chi connectivity index (χ1n) is 8.52. The molecule has 1 heterocycles. The van der Waals surface area contributed by atoms with Crippen molar-refractivity contribution < 1.29 is 19.1 Å². The highest BCUT2D eigenvalue weighted by Crippen LogP contribution is 2.45. The molecule has 1 N–H and O–H groups in total. The monoisotopic (exact) mass is 396 g/mol. The largest absolute Gasteiger partial charge is 0.452 e. The molecule has 0 saturated carbocycles. The Balaban J connectivity index is 1.78. The third kappa shape index (κ3) is 6.25. The van der Waals surface area contributed by atoms with Crippen LogP contribution >= 0.6 is 23.5 Å². The predicted molar refractivity (Wildman–Crippen MR) is 105 cm³/mol. The minimum atomic E-state index is -0.541. The van der Waals surface area contributed by atoms with Gasteiger partial charge in [0.15, 0.2) is 6.61 Å². The lowest BCUT2D eigenvalue weighted by molar-refractivity contribution is -0.137. The number of carbonyl (C=O) groups excluding carboxylic acids is 3. The normalized spacial score (nSPS) is 14.1. The fraction of sp³-hybridized carbons (Fsp3) is 0.500. The first-order chi connectivity index (χ1) is 12.5. The Bertz CT molecular complexity index is 631. The molecule has 142 valence electrons. The quantitative estimate of drug-likeness (QED) is 0.680. The first-order valence-corrected chi connectivity index (χ1v) is 10.6. The van der Waals surface area contributed by atoms with Crippen LogP contribution in [0.1, 0.15) is 33.8 Å². The lowest BCUT2D eigenvalue weighted by Crippen LogP contribution is -2.40. The van der Waals surface area contributed by atoms with Gasteiger partial charge >= 0.3 is 5.97 Å². The zero-order valence-corrected chi connectivity index (χ0v) is 16.7. The molecule has 0 aromatic heterocycles. The smallest absolute Gasteiger partial charge is 0.338 e. The number of esters is 1. The molecule has 8 heteroatoms. The number of hydrogen-bond donors (Lipinski definition) is 1. The van der Waals surface area contributed by atoms with Crippen LogP contribution in [-0.2, 0) is 14.3 Å². The van der Waals surface area contributed by atoms with E-state index >= 15 is 0 Å². The summed E-state index contributed by atoms with van der Waals surface area (Å²) in [6, 6.07) is 7.31. The minimum Gasteiger partial charge on any atom is -0.452 e. The number of hydrogen-bond acceptors (Lipinski definition) is 6. The number of nitrogens with one attached hydrogen (secondary N) is 1. The molecule has 1 fully saturated rings. The van der Waals surface area contributed by atoms with Gasteiger partial charge in [0, 0.05) is 25.1 Å². The minimum absolute atomic E-state index is 0.0538. The summed E-state index contributed by atoms with van der Waals surface area (Å²) in [5.74, 6) is 1.10. The number of rotatable bonds is 8. The molecule has 6 nitrogen and oxygen atoms in total. The van der Waals surface area contributed by atoms with Crippen LogP contribution in [0.4, 0.5) is 0 Å². The topological polar surface area (TPSA) is 75.7 Å². The fourth-order valence-corrected chi connectivity index (χ4v) is 5.13. The van der Waals surface area contributed by atoms with E-state index in [0.29, 0.717) is 16.7 Å². The van der Waals surface area contributed by atoms with E-state index in [0.717, 1.165) is 17.9 Å². The molecule has 2 amide bonds. The summed E-state index contributed by atoms with van der Waals surface area (Å²) < 4.78 is 5.49. The molecule has 2 rings (SSSR count). The molecule has 0 aliphatic carbocycles. The van der Waals surface area contributed by atoms with Crippen molar-refractivity contribution in [2.24, 2.45) is 0 Å². The molecule has 0 spiro atoms. The van der Waals surface area contributed by atoms with Crippen molar-refractivity contribution in [1.29, 1.82) is 0 Å². The van der Waals surface area contributed by atoms with Gasteiger partial charge in [0.2, 0.25) is 5.91 Å². The fourth-order valence-electron chi connectivity index (χ4n) is 2.27. The van der Waals surface area contributed by atoms with Gasteiger partial charge in [-0.3, -0.25) is 9.59 Å². The Hall–Kier alpha value is -1.67. The first kappa shape index (κ1) is 20.6. The zero-order chi connectivity index (χ0) is 18.9. The molecule has 0 radical (unpaired) electrons. The summed E-state index contributed by atoms with van der Waals surface area (Å²) in [5.41, 5.74) is 1.60. The molecule has 1 aromatic carbocycles. The summed E-state index contributed by atoms with van der Waals surface area (Å²) >= 11 is 3.80. The van der Waals surface area contributed by atoms with Crippen LogP contribution in [0.25, 0.3) is 0 Å². The highest BCUT2D eigenvalue weighted by molar-refractivity contribution is 8.19. The molecule has 1 aliphatic rings. The summed E-state index contributed by atoms with van der Waals surface area (Å²) in [4.78, 5) is 36.9. The van der Waals surface area contributed by atoms with Crippen molar-refractivity contribution in [3.8, 4) is 0 Å². The van der Waals surface area contributed by atoms with Gasteiger partial charge < -0.3 is 15.0 Å². The standard InChI is InChI=1S/C18H24N2O4S2/c1-3-8-19-15(21)11-20(2)16(22)12-24-17(23)13-4-6-14(7-5-13)18-25-9-10-26-18/h4-7,18H,3,8-12H2,1-2H3,(H,19,21). The van der Waals surface area contributed by atoms with E-state index in [1.807, 2.05) is 42.6 Å². The van der Waals surface area contributed by atoms with Crippen LogP contribution in [0, 0.1) is 0 Å². The predicted octanol–water partition coefficient (Wildman–Crippen LogP) is 2.31. The summed E-state index contributed by atoms with van der Waals surface area (Å²) in [7, 11) is 1.51. The maximum Gasteiger partial charge on any atom is 0.338 e. The van der Waals surface area contributed by atoms with E-state index in [1.54, 1.807) is 12.1 Å². The lowest BCUT2D eigenvalue weighted by Gasteiger charge is -2.16. The molecule has 0 unspecified atom stereocenters. The maximum absolute atomic E-state index is 12.1. The van der Waals surface area contributed by atoms with Crippen molar-refractivity contribution in [2.75, 3.05) is 38.2 Å². The van der Waals surface area contributed by atoms with Crippen molar-refractivity contribution in [3.05, 3.63) is 35.4 Å². The third-order valence-electron chi connectivity index (χ3n) is 3.75.